The predicted octanol–water partition coefficient (Wildman–Crippen LogP) is 2.33. The van der Waals surface area contributed by atoms with Gasteiger partial charge in [-0.3, -0.25) is 14.9 Å². The second-order valence-electron chi connectivity index (χ2n) is 5.45. The first kappa shape index (κ1) is 12.9. The van der Waals surface area contributed by atoms with E-state index in [9.17, 15) is 4.79 Å². The molecule has 1 N–H and O–H groups in total. The summed E-state index contributed by atoms with van der Waals surface area (Å²) in [4.78, 5) is 23.2. The second-order valence-corrected chi connectivity index (χ2v) is 5.45. The fraction of sp³-hybridized carbons (Fsp3) is 0.250. The maximum atomic E-state index is 12.8. The summed E-state index contributed by atoms with van der Waals surface area (Å²) in [5, 5.41) is 7.65. The zero-order chi connectivity index (χ0) is 14.9. The van der Waals surface area contributed by atoms with Crippen LogP contribution in [0, 0.1) is 0 Å². The molecule has 0 radical (unpaired) electrons. The number of H-pyrrole nitrogens is 1. The Morgan fingerprint density at radius 2 is 2.23 bits per heavy atom. The molecule has 1 saturated heterocycles. The lowest BCUT2D eigenvalue weighted by Crippen LogP contribution is -2.31. The van der Waals surface area contributed by atoms with Gasteiger partial charge in [-0.2, -0.15) is 5.10 Å². The maximum Gasteiger partial charge on any atom is 0.273 e. The van der Waals surface area contributed by atoms with E-state index in [4.69, 9.17) is 0 Å². The molecule has 0 aliphatic carbocycles. The van der Waals surface area contributed by atoms with E-state index in [2.05, 4.69) is 20.2 Å². The topological polar surface area (TPSA) is 74.8 Å². The van der Waals surface area contributed by atoms with Crippen molar-refractivity contribution in [2.24, 2.45) is 0 Å². The summed E-state index contributed by atoms with van der Waals surface area (Å²) in [5.74, 6) is -0.0390. The molecule has 0 bridgehead atoms. The summed E-state index contributed by atoms with van der Waals surface area (Å²) in [5.41, 5.74) is 2.17. The van der Waals surface area contributed by atoms with E-state index in [0.29, 0.717) is 11.3 Å². The highest BCUT2D eigenvalue weighted by Gasteiger charge is 2.31. The minimum atomic E-state index is -0.0390. The van der Waals surface area contributed by atoms with Crippen LogP contribution in [-0.2, 0) is 0 Å². The number of hydrogen-bond acceptors (Lipinski definition) is 4. The Kier molecular flexibility index (Phi) is 3.07. The number of nitrogens with one attached hydrogen (secondary N) is 1. The number of fused-ring (bicyclic) bond motifs is 1. The number of aromatic nitrogens is 4. The van der Waals surface area contributed by atoms with Crippen molar-refractivity contribution in [1.82, 2.24) is 25.1 Å². The Balaban J connectivity index is 1.66. The summed E-state index contributed by atoms with van der Waals surface area (Å²) in [6.07, 6.45) is 7.24. The predicted molar refractivity (Wildman–Crippen MR) is 81.1 cm³/mol. The molecule has 6 nitrogen and oxygen atoms in total. The molecule has 22 heavy (non-hydrogen) atoms. The number of pyridine rings is 2. The Morgan fingerprint density at radius 3 is 3.09 bits per heavy atom. The van der Waals surface area contributed by atoms with E-state index in [0.717, 1.165) is 30.3 Å². The van der Waals surface area contributed by atoms with Crippen LogP contribution in [-0.4, -0.2) is 37.5 Å². The lowest BCUT2D eigenvalue weighted by atomic mass is 10.1. The Morgan fingerprint density at radius 1 is 1.27 bits per heavy atom. The summed E-state index contributed by atoms with van der Waals surface area (Å²) in [6, 6.07) is 7.65. The van der Waals surface area contributed by atoms with Crippen molar-refractivity contribution < 1.29 is 4.79 Å². The van der Waals surface area contributed by atoms with Gasteiger partial charge in [0.25, 0.3) is 5.91 Å². The fourth-order valence-electron chi connectivity index (χ4n) is 3.02. The molecule has 3 aromatic heterocycles. The Bertz CT molecular complexity index is 814. The molecule has 1 fully saturated rings. The zero-order valence-corrected chi connectivity index (χ0v) is 11.9. The smallest absolute Gasteiger partial charge is 0.273 e. The third-order valence-electron chi connectivity index (χ3n) is 4.10. The lowest BCUT2D eigenvalue weighted by molar-refractivity contribution is 0.0730. The number of aromatic amines is 1. The van der Waals surface area contributed by atoms with Crippen LogP contribution in [0.15, 0.2) is 42.9 Å². The Hall–Kier alpha value is -2.76. The standard InChI is InChI=1S/C16H15N5O/c22-16(13-6-5-12-10-18-20-15(12)19-13)21-8-2-4-14(21)11-3-1-7-17-9-11/h1,3,5-7,9-10,14H,2,4,8H2,(H,18,19,20). The van der Waals surface area contributed by atoms with Crippen molar-refractivity contribution in [3.63, 3.8) is 0 Å². The summed E-state index contributed by atoms with van der Waals surface area (Å²) < 4.78 is 0. The molecule has 4 rings (SSSR count). The number of rotatable bonds is 2. The van der Waals surface area contributed by atoms with Crippen molar-refractivity contribution in [2.45, 2.75) is 18.9 Å². The van der Waals surface area contributed by atoms with Crippen LogP contribution in [0.3, 0.4) is 0 Å². The van der Waals surface area contributed by atoms with Gasteiger partial charge < -0.3 is 4.90 Å². The highest BCUT2D eigenvalue weighted by molar-refractivity contribution is 5.94. The minimum Gasteiger partial charge on any atom is -0.330 e. The summed E-state index contributed by atoms with van der Waals surface area (Å²) in [7, 11) is 0. The van der Waals surface area contributed by atoms with Crippen molar-refractivity contribution in [3.05, 3.63) is 54.1 Å². The summed E-state index contributed by atoms with van der Waals surface area (Å²) >= 11 is 0. The van der Waals surface area contributed by atoms with Crippen LogP contribution in [0.5, 0.6) is 0 Å². The average Bonchev–Trinajstić information content (AvgIpc) is 3.23. The SMILES string of the molecule is O=C(c1ccc2cn[nH]c2n1)N1CCCC1c1cccnc1. The quantitative estimate of drug-likeness (QED) is 0.787. The number of hydrogen-bond donors (Lipinski definition) is 1. The maximum absolute atomic E-state index is 12.8. The van der Waals surface area contributed by atoms with Crippen molar-refractivity contribution in [1.29, 1.82) is 0 Å². The normalized spacial score (nSPS) is 18.0. The molecule has 4 heterocycles. The first-order valence-corrected chi connectivity index (χ1v) is 7.34. The van der Waals surface area contributed by atoms with Gasteiger partial charge in [0, 0.05) is 24.3 Å². The number of amides is 1. The molecule has 110 valence electrons. The van der Waals surface area contributed by atoms with E-state index in [1.807, 2.05) is 29.3 Å². The molecule has 6 heteroatoms. The number of likely N-dealkylation sites (tertiary alicyclic amines) is 1. The molecule has 1 aliphatic rings. The molecule has 3 aromatic rings. The first-order chi connectivity index (χ1) is 10.8. The summed E-state index contributed by atoms with van der Waals surface area (Å²) in [6.45, 7) is 0.751. The van der Waals surface area contributed by atoms with Crippen LogP contribution < -0.4 is 0 Å². The van der Waals surface area contributed by atoms with Crippen molar-refractivity contribution >= 4 is 16.9 Å². The van der Waals surface area contributed by atoms with E-state index < -0.39 is 0 Å². The molecule has 0 aromatic carbocycles. The third-order valence-corrected chi connectivity index (χ3v) is 4.10. The molecular weight excluding hydrogens is 278 g/mol. The molecule has 0 saturated carbocycles. The van der Waals surface area contributed by atoms with Gasteiger partial charge in [-0.05, 0) is 36.6 Å². The van der Waals surface area contributed by atoms with Crippen LogP contribution in [0.1, 0.15) is 34.9 Å². The van der Waals surface area contributed by atoms with E-state index in [1.54, 1.807) is 18.5 Å². The minimum absolute atomic E-state index is 0.0390. The molecular formula is C16H15N5O. The number of carbonyl (C=O) groups is 1. The van der Waals surface area contributed by atoms with Crippen LogP contribution in [0.2, 0.25) is 0 Å². The number of nitrogens with zero attached hydrogens (tertiary/aromatic N) is 4. The van der Waals surface area contributed by atoms with Crippen molar-refractivity contribution in [2.75, 3.05) is 6.54 Å². The van der Waals surface area contributed by atoms with Gasteiger partial charge in [-0.1, -0.05) is 6.07 Å². The van der Waals surface area contributed by atoms with Gasteiger partial charge in [-0.25, -0.2) is 4.98 Å². The molecule has 1 aliphatic heterocycles. The van der Waals surface area contributed by atoms with E-state index in [1.165, 1.54) is 0 Å². The molecule has 1 atom stereocenters. The monoisotopic (exact) mass is 293 g/mol. The fourth-order valence-corrected chi connectivity index (χ4v) is 3.02. The van der Waals surface area contributed by atoms with Crippen LogP contribution >= 0.6 is 0 Å². The first-order valence-electron chi connectivity index (χ1n) is 7.34. The number of carbonyl (C=O) groups excluding carboxylic acids is 1. The van der Waals surface area contributed by atoms with Gasteiger partial charge in [0.1, 0.15) is 5.69 Å². The van der Waals surface area contributed by atoms with Gasteiger partial charge in [0.05, 0.1) is 12.2 Å². The van der Waals surface area contributed by atoms with Crippen LogP contribution in [0.25, 0.3) is 11.0 Å². The van der Waals surface area contributed by atoms with E-state index >= 15 is 0 Å². The Labute approximate surface area is 127 Å². The lowest BCUT2D eigenvalue weighted by Gasteiger charge is -2.24. The van der Waals surface area contributed by atoms with Gasteiger partial charge in [0.2, 0.25) is 0 Å². The second kappa shape index (κ2) is 5.22. The van der Waals surface area contributed by atoms with Gasteiger partial charge in [0.15, 0.2) is 5.65 Å². The van der Waals surface area contributed by atoms with Gasteiger partial charge >= 0.3 is 0 Å². The van der Waals surface area contributed by atoms with Crippen LogP contribution in [0.4, 0.5) is 0 Å². The molecule has 1 unspecified atom stereocenters. The highest BCUT2D eigenvalue weighted by atomic mass is 16.2. The average molecular weight is 293 g/mol. The van der Waals surface area contributed by atoms with Crippen molar-refractivity contribution in [3.8, 4) is 0 Å². The molecule has 0 spiro atoms. The van der Waals surface area contributed by atoms with Gasteiger partial charge in [-0.15, -0.1) is 0 Å². The zero-order valence-electron chi connectivity index (χ0n) is 11.9. The molecule has 1 amide bonds. The third kappa shape index (κ3) is 2.13. The van der Waals surface area contributed by atoms with E-state index in [-0.39, 0.29) is 11.9 Å². The largest absolute Gasteiger partial charge is 0.330 e. The highest BCUT2D eigenvalue weighted by Crippen LogP contribution is 2.32.